The Labute approximate surface area is 161 Å². The molecule has 0 aliphatic rings. The molecule has 0 bridgehead atoms. The van der Waals surface area contributed by atoms with Crippen LogP contribution in [0.1, 0.15) is 73.1 Å². The summed E-state index contributed by atoms with van der Waals surface area (Å²) in [5, 5.41) is 2.86. The third kappa shape index (κ3) is 6.89. The van der Waals surface area contributed by atoms with E-state index in [-0.39, 0.29) is 11.7 Å². The number of ether oxygens (including phenoxy) is 1. The molecule has 0 unspecified atom stereocenters. The monoisotopic (exact) mass is 367 g/mol. The fraction of sp³-hybridized carbons (Fsp3) is 0.391. The first-order valence-electron chi connectivity index (χ1n) is 9.76. The summed E-state index contributed by atoms with van der Waals surface area (Å²) in [4.78, 5) is 23.9. The molecule has 0 aliphatic heterocycles. The lowest BCUT2D eigenvalue weighted by Gasteiger charge is -2.12. The number of Topliss-reactive ketones (excluding diaryl/α,β-unsaturated/α-hetero) is 1. The normalized spacial score (nSPS) is 10.4. The Kier molecular flexibility index (Phi) is 8.56. The molecule has 0 saturated carbocycles. The molecule has 0 aromatic heterocycles. The second kappa shape index (κ2) is 11.2. The van der Waals surface area contributed by atoms with Crippen molar-refractivity contribution in [3.8, 4) is 5.75 Å². The zero-order valence-corrected chi connectivity index (χ0v) is 16.3. The van der Waals surface area contributed by atoms with E-state index in [0.29, 0.717) is 29.2 Å². The second-order valence-corrected chi connectivity index (χ2v) is 6.70. The lowest BCUT2D eigenvalue weighted by atomic mass is 10.1. The maximum atomic E-state index is 12.6. The molecule has 2 aromatic carbocycles. The smallest absolute Gasteiger partial charge is 0.259 e. The Morgan fingerprint density at radius 1 is 0.889 bits per heavy atom. The number of anilines is 1. The predicted octanol–water partition coefficient (Wildman–Crippen LogP) is 5.88. The molecule has 2 aromatic rings. The zero-order valence-electron chi connectivity index (χ0n) is 16.3. The highest BCUT2D eigenvalue weighted by Gasteiger charge is 2.12. The number of carbonyl (C=O) groups excluding carboxylic acids is 2. The summed E-state index contributed by atoms with van der Waals surface area (Å²) in [7, 11) is 0. The van der Waals surface area contributed by atoms with E-state index < -0.39 is 0 Å². The highest BCUT2D eigenvalue weighted by molar-refractivity contribution is 6.06. The maximum absolute atomic E-state index is 12.6. The van der Waals surface area contributed by atoms with Crippen LogP contribution in [0, 0.1) is 0 Å². The van der Waals surface area contributed by atoms with E-state index in [1.807, 2.05) is 18.2 Å². The molecular weight excluding hydrogens is 338 g/mol. The van der Waals surface area contributed by atoms with E-state index in [1.54, 1.807) is 30.3 Å². The minimum atomic E-state index is -0.218. The van der Waals surface area contributed by atoms with Crippen molar-refractivity contribution in [2.45, 2.75) is 52.4 Å². The standard InChI is InChI=1S/C23H29NO3/c1-3-4-5-6-7-10-17-27-22-12-9-8-11-21(22)23(26)24-20-15-13-19(14-16-20)18(2)25/h8-9,11-16H,3-7,10,17H2,1-2H3,(H,24,26). The molecule has 1 N–H and O–H groups in total. The number of unbranched alkanes of at least 4 members (excludes halogenated alkanes) is 5. The van der Waals surface area contributed by atoms with Gasteiger partial charge in [0, 0.05) is 11.3 Å². The van der Waals surface area contributed by atoms with Gasteiger partial charge in [0.2, 0.25) is 0 Å². The van der Waals surface area contributed by atoms with Gasteiger partial charge in [-0.3, -0.25) is 9.59 Å². The molecule has 1 amide bonds. The van der Waals surface area contributed by atoms with Crippen molar-refractivity contribution in [1.82, 2.24) is 0 Å². The largest absolute Gasteiger partial charge is 0.493 e. The minimum absolute atomic E-state index is 0.00122. The van der Waals surface area contributed by atoms with Gasteiger partial charge in [-0.2, -0.15) is 0 Å². The lowest BCUT2D eigenvalue weighted by Crippen LogP contribution is -2.14. The van der Waals surface area contributed by atoms with Crippen molar-refractivity contribution in [3.05, 3.63) is 59.7 Å². The van der Waals surface area contributed by atoms with Gasteiger partial charge >= 0.3 is 0 Å². The van der Waals surface area contributed by atoms with E-state index in [4.69, 9.17) is 4.74 Å². The Bertz CT molecular complexity index is 738. The van der Waals surface area contributed by atoms with Crippen LogP contribution in [0.4, 0.5) is 5.69 Å². The second-order valence-electron chi connectivity index (χ2n) is 6.70. The first-order chi connectivity index (χ1) is 13.1. The van der Waals surface area contributed by atoms with Crippen LogP contribution in [0.5, 0.6) is 5.75 Å². The van der Waals surface area contributed by atoms with E-state index in [2.05, 4.69) is 12.2 Å². The van der Waals surface area contributed by atoms with E-state index in [0.717, 1.165) is 12.8 Å². The van der Waals surface area contributed by atoms with Crippen LogP contribution in [0.25, 0.3) is 0 Å². The van der Waals surface area contributed by atoms with Crippen LogP contribution in [0.3, 0.4) is 0 Å². The topological polar surface area (TPSA) is 55.4 Å². The lowest BCUT2D eigenvalue weighted by molar-refractivity contribution is 0.101. The predicted molar refractivity (Wildman–Crippen MR) is 110 cm³/mol. The molecule has 0 fully saturated rings. The Morgan fingerprint density at radius 3 is 2.26 bits per heavy atom. The number of amides is 1. The molecule has 2 rings (SSSR count). The van der Waals surface area contributed by atoms with Gasteiger partial charge in [0.05, 0.1) is 12.2 Å². The molecule has 0 atom stereocenters. The SMILES string of the molecule is CCCCCCCCOc1ccccc1C(=O)Nc1ccc(C(C)=O)cc1. The van der Waals surface area contributed by atoms with Crippen molar-refractivity contribution in [1.29, 1.82) is 0 Å². The average molecular weight is 367 g/mol. The molecular formula is C23H29NO3. The van der Waals surface area contributed by atoms with Crippen LogP contribution >= 0.6 is 0 Å². The number of carbonyl (C=O) groups is 2. The molecule has 4 heteroatoms. The summed E-state index contributed by atoms with van der Waals surface area (Å²) < 4.78 is 5.85. The summed E-state index contributed by atoms with van der Waals surface area (Å²) in [5.74, 6) is 0.384. The molecule has 4 nitrogen and oxygen atoms in total. The molecule has 0 spiro atoms. The average Bonchev–Trinajstić information content (AvgIpc) is 2.68. The highest BCUT2D eigenvalue weighted by Crippen LogP contribution is 2.20. The van der Waals surface area contributed by atoms with Gasteiger partial charge in [0.15, 0.2) is 5.78 Å². The number of hydrogen-bond acceptors (Lipinski definition) is 3. The fourth-order valence-electron chi connectivity index (χ4n) is 2.83. The summed E-state index contributed by atoms with van der Waals surface area (Å²) in [5.41, 5.74) is 1.78. The number of nitrogens with one attached hydrogen (secondary N) is 1. The van der Waals surface area contributed by atoms with E-state index >= 15 is 0 Å². The van der Waals surface area contributed by atoms with Gasteiger partial charge < -0.3 is 10.1 Å². The summed E-state index contributed by atoms with van der Waals surface area (Å²) >= 11 is 0. The summed E-state index contributed by atoms with van der Waals surface area (Å²) in [6, 6.07) is 14.2. The Balaban J connectivity index is 1.89. The van der Waals surface area contributed by atoms with Crippen LogP contribution < -0.4 is 10.1 Å². The number of ketones is 1. The zero-order chi connectivity index (χ0) is 19.5. The minimum Gasteiger partial charge on any atom is -0.493 e. The van der Waals surface area contributed by atoms with Gasteiger partial charge in [-0.15, -0.1) is 0 Å². The molecule has 0 aliphatic carbocycles. The highest BCUT2D eigenvalue weighted by atomic mass is 16.5. The van der Waals surface area contributed by atoms with Gasteiger partial charge in [0.1, 0.15) is 5.75 Å². The fourth-order valence-corrected chi connectivity index (χ4v) is 2.83. The third-order valence-electron chi connectivity index (χ3n) is 4.44. The van der Waals surface area contributed by atoms with Crippen LogP contribution in [-0.2, 0) is 0 Å². The van der Waals surface area contributed by atoms with Gasteiger partial charge in [-0.1, -0.05) is 51.2 Å². The van der Waals surface area contributed by atoms with Gasteiger partial charge in [-0.25, -0.2) is 0 Å². The summed E-state index contributed by atoms with van der Waals surface area (Å²) in [6.45, 7) is 4.34. The molecule has 0 heterocycles. The summed E-state index contributed by atoms with van der Waals surface area (Å²) in [6.07, 6.45) is 7.18. The van der Waals surface area contributed by atoms with Gasteiger partial charge in [0.25, 0.3) is 5.91 Å². The third-order valence-corrected chi connectivity index (χ3v) is 4.44. The first-order valence-corrected chi connectivity index (χ1v) is 9.76. The quantitative estimate of drug-likeness (QED) is 0.398. The Hall–Kier alpha value is -2.62. The number of benzene rings is 2. The first kappa shape index (κ1) is 20.7. The van der Waals surface area contributed by atoms with E-state index in [9.17, 15) is 9.59 Å². The van der Waals surface area contributed by atoms with E-state index in [1.165, 1.54) is 32.6 Å². The van der Waals surface area contributed by atoms with Crippen molar-refractivity contribution in [2.75, 3.05) is 11.9 Å². The van der Waals surface area contributed by atoms with Crippen LogP contribution in [0.15, 0.2) is 48.5 Å². The molecule has 27 heavy (non-hydrogen) atoms. The number of hydrogen-bond donors (Lipinski definition) is 1. The number of para-hydroxylation sites is 1. The van der Waals surface area contributed by atoms with Crippen molar-refractivity contribution >= 4 is 17.4 Å². The van der Waals surface area contributed by atoms with Crippen molar-refractivity contribution in [3.63, 3.8) is 0 Å². The van der Waals surface area contributed by atoms with Crippen LogP contribution in [-0.4, -0.2) is 18.3 Å². The van der Waals surface area contributed by atoms with Crippen molar-refractivity contribution < 1.29 is 14.3 Å². The van der Waals surface area contributed by atoms with Gasteiger partial charge in [-0.05, 0) is 49.7 Å². The molecule has 0 saturated heterocycles. The Morgan fingerprint density at radius 2 is 1.56 bits per heavy atom. The molecule has 0 radical (unpaired) electrons. The molecule has 144 valence electrons. The maximum Gasteiger partial charge on any atom is 0.259 e. The van der Waals surface area contributed by atoms with Crippen molar-refractivity contribution in [2.24, 2.45) is 0 Å². The van der Waals surface area contributed by atoms with Crippen LogP contribution in [0.2, 0.25) is 0 Å². The number of rotatable bonds is 11.